The number of hydrogen-bond donors (Lipinski definition) is 2. The van der Waals surface area contributed by atoms with Crippen molar-refractivity contribution < 1.29 is 14.4 Å². The fraction of sp³-hybridized carbons (Fsp3) is 0.217. The third-order valence-electron chi connectivity index (χ3n) is 5.29. The number of aryl methyl sites for hydroxylation is 1. The maximum atomic E-state index is 12.5. The van der Waals surface area contributed by atoms with Gasteiger partial charge in [-0.05, 0) is 30.2 Å². The van der Waals surface area contributed by atoms with Crippen molar-refractivity contribution in [3.05, 3.63) is 71.9 Å². The van der Waals surface area contributed by atoms with Gasteiger partial charge in [-0.25, -0.2) is 4.98 Å². The van der Waals surface area contributed by atoms with E-state index in [1.807, 2.05) is 55.5 Å². The summed E-state index contributed by atoms with van der Waals surface area (Å²) >= 11 is 0. The third kappa shape index (κ3) is 3.87. The van der Waals surface area contributed by atoms with E-state index in [9.17, 15) is 14.4 Å². The Morgan fingerprint density at radius 2 is 1.80 bits per heavy atom. The molecule has 3 aromatic rings. The Hall–Kier alpha value is -3.74. The lowest BCUT2D eigenvalue weighted by atomic mass is 10.1. The number of anilines is 1. The molecule has 30 heavy (non-hydrogen) atoms. The van der Waals surface area contributed by atoms with Crippen LogP contribution < -0.4 is 15.8 Å². The van der Waals surface area contributed by atoms with Gasteiger partial charge in [-0.2, -0.15) is 0 Å². The van der Waals surface area contributed by atoms with Crippen LogP contribution in [0.1, 0.15) is 29.4 Å². The monoisotopic (exact) mass is 402 g/mol. The van der Waals surface area contributed by atoms with Crippen LogP contribution in [0.15, 0.2) is 60.7 Å². The van der Waals surface area contributed by atoms with Crippen molar-refractivity contribution in [1.29, 1.82) is 0 Å². The van der Waals surface area contributed by atoms with Gasteiger partial charge in [-0.1, -0.05) is 49.4 Å². The molecule has 1 aliphatic rings. The van der Waals surface area contributed by atoms with Gasteiger partial charge >= 0.3 is 0 Å². The summed E-state index contributed by atoms with van der Waals surface area (Å²) in [6.45, 7) is 2.31. The molecule has 0 bridgehead atoms. The number of pyridine rings is 1. The van der Waals surface area contributed by atoms with Gasteiger partial charge in [0.15, 0.2) is 0 Å². The van der Waals surface area contributed by atoms with E-state index in [1.165, 1.54) is 0 Å². The summed E-state index contributed by atoms with van der Waals surface area (Å²) in [5.41, 5.74) is 7.63. The Morgan fingerprint density at radius 1 is 1.03 bits per heavy atom. The number of hydrogen-bond acceptors (Lipinski definition) is 4. The highest BCUT2D eigenvalue weighted by Gasteiger charge is 2.36. The van der Waals surface area contributed by atoms with Crippen molar-refractivity contribution in [2.45, 2.75) is 19.8 Å². The zero-order chi connectivity index (χ0) is 21.1. The molecule has 0 aliphatic carbocycles. The largest absolute Gasteiger partial charge is 0.311 e. The minimum Gasteiger partial charge on any atom is -0.311 e. The molecule has 2 aromatic carbocycles. The van der Waals surface area contributed by atoms with Crippen LogP contribution in [0.5, 0.6) is 0 Å². The summed E-state index contributed by atoms with van der Waals surface area (Å²) in [7, 11) is 0. The van der Waals surface area contributed by atoms with E-state index in [4.69, 9.17) is 0 Å². The van der Waals surface area contributed by atoms with Crippen LogP contribution in [0.2, 0.25) is 0 Å². The molecule has 1 aliphatic heterocycles. The molecule has 0 saturated carbocycles. The van der Waals surface area contributed by atoms with Crippen LogP contribution in [0.3, 0.4) is 0 Å². The predicted octanol–water partition coefficient (Wildman–Crippen LogP) is 2.61. The first kappa shape index (κ1) is 19.6. The summed E-state index contributed by atoms with van der Waals surface area (Å²) in [5.74, 6) is -1.54. The van der Waals surface area contributed by atoms with Crippen molar-refractivity contribution in [2.24, 2.45) is 5.92 Å². The van der Waals surface area contributed by atoms with E-state index in [-0.39, 0.29) is 24.6 Å². The van der Waals surface area contributed by atoms with Gasteiger partial charge in [0.05, 0.1) is 11.4 Å². The molecule has 2 N–H and O–H groups in total. The van der Waals surface area contributed by atoms with Crippen LogP contribution in [-0.2, 0) is 16.0 Å². The normalized spacial score (nSPS) is 16.0. The predicted molar refractivity (Wildman–Crippen MR) is 114 cm³/mol. The lowest BCUT2D eigenvalue weighted by Crippen LogP contribution is -2.45. The Labute approximate surface area is 174 Å². The average molecular weight is 402 g/mol. The lowest BCUT2D eigenvalue weighted by Gasteiger charge is -2.20. The zero-order valence-corrected chi connectivity index (χ0v) is 16.6. The van der Waals surface area contributed by atoms with Crippen molar-refractivity contribution >= 4 is 34.3 Å². The summed E-state index contributed by atoms with van der Waals surface area (Å²) in [4.78, 5) is 43.4. The summed E-state index contributed by atoms with van der Waals surface area (Å²) in [6, 6.07) is 18.6. The van der Waals surface area contributed by atoms with Gasteiger partial charge in [0.1, 0.15) is 5.69 Å². The fourth-order valence-corrected chi connectivity index (χ4v) is 3.67. The van der Waals surface area contributed by atoms with Crippen molar-refractivity contribution in [2.75, 3.05) is 11.4 Å². The number of para-hydroxylation sites is 2. The second-order valence-electron chi connectivity index (χ2n) is 7.22. The number of amides is 3. The number of hydrazine groups is 1. The summed E-state index contributed by atoms with van der Waals surface area (Å²) in [6.07, 6.45) is 0.902. The molecule has 152 valence electrons. The smallest absolute Gasteiger partial charge is 0.288 e. The number of fused-ring (bicyclic) bond motifs is 1. The molecule has 3 amide bonds. The van der Waals surface area contributed by atoms with Gasteiger partial charge in [0.25, 0.3) is 5.91 Å². The highest BCUT2D eigenvalue weighted by molar-refractivity contribution is 6.01. The lowest BCUT2D eigenvalue weighted by molar-refractivity contribution is -0.126. The topological polar surface area (TPSA) is 91.4 Å². The molecule has 1 atom stereocenters. The Balaban J connectivity index is 1.39. The van der Waals surface area contributed by atoms with E-state index >= 15 is 0 Å². The Bertz CT molecular complexity index is 1130. The molecule has 0 spiro atoms. The van der Waals surface area contributed by atoms with Crippen LogP contribution in [0.25, 0.3) is 10.9 Å². The standard InChI is InChI=1S/C23H22N4O3/c1-2-15-7-4-6-10-20(15)27-14-17(13-21(27)28)22(29)25-26-23(30)19-12-11-16-8-3-5-9-18(16)24-19/h3-12,17H,2,13-14H2,1H3,(H,25,29)(H,26,30). The quantitative estimate of drug-likeness (QED) is 0.657. The van der Waals surface area contributed by atoms with Crippen LogP contribution >= 0.6 is 0 Å². The van der Waals surface area contributed by atoms with E-state index in [2.05, 4.69) is 15.8 Å². The van der Waals surface area contributed by atoms with Crippen LogP contribution in [-0.4, -0.2) is 29.3 Å². The van der Waals surface area contributed by atoms with Gasteiger partial charge < -0.3 is 4.90 Å². The fourth-order valence-electron chi connectivity index (χ4n) is 3.67. The van der Waals surface area contributed by atoms with Crippen LogP contribution in [0.4, 0.5) is 5.69 Å². The molecule has 4 rings (SSSR count). The van der Waals surface area contributed by atoms with Gasteiger partial charge in [-0.15, -0.1) is 0 Å². The third-order valence-corrected chi connectivity index (χ3v) is 5.29. The number of carbonyl (C=O) groups is 3. The number of nitrogens with zero attached hydrogens (tertiary/aromatic N) is 2. The van der Waals surface area contributed by atoms with E-state index < -0.39 is 17.7 Å². The summed E-state index contributed by atoms with van der Waals surface area (Å²) in [5, 5.41) is 0.926. The average Bonchev–Trinajstić information content (AvgIpc) is 3.18. The van der Waals surface area contributed by atoms with E-state index in [1.54, 1.807) is 17.0 Å². The second kappa shape index (κ2) is 8.32. The molecule has 0 radical (unpaired) electrons. The zero-order valence-electron chi connectivity index (χ0n) is 16.6. The number of aromatic nitrogens is 1. The van der Waals surface area contributed by atoms with Crippen molar-refractivity contribution in [3.63, 3.8) is 0 Å². The molecule has 7 nitrogen and oxygen atoms in total. The Morgan fingerprint density at radius 3 is 2.63 bits per heavy atom. The van der Waals surface area contributed by atoms with Crippen molar-refractivity contribution in [3.8, 4) is 0 Å². The molecular weight excluding hydrogens is 380 g/mol. The highest BCUT2D eigenvalue weighted by atomic mass is 16.2. The number of nitrogens with one attached hydrogen (secondary N) is 2. The maximum Gasteiger partial charge on any atom is 0.288 e. The first-order valence-corrected chi connectivity index (χ1v) is 9.91. The molecule has 1 fully saturated rings. The minimum absolute atomic E-state index is 0.0985. The first-order valence-electron chi connectivity index (χ1n) is 9.91. The van der Waals surface area contributed by atoms with E-state index in [0.717, 1.165) is 23.1 Å². The van der Waals surface area contributed by atoms with Crippen molar-refractivity contribution in [1.82, 2.24) is 15.8 Å². The first-order chi connectivity index (χ1) is 14.6. The molecular formula is C23H22N4O3. The number of rotatable bonds is 4. The SMILES string of the molecule is CCc1ccccc1N1CC(C(=O)NNC(=O)c2ccc3ccccc3n2)CC1=O. The van der Waals surface area contributed by atoms with E-state index in [0.29, 0.717) is 5.52 Å². The minimum atomic E-state index is -0.535. The molecule has 2 heterocycles. The highest BCUT2D eigenvalue weighted by Crippen LogP contribution is 2.28. The number of benzene rings is 2. The van der Waals surface area contributed by atoms with Gasteiger partial charge in [-0.3, -0.25) is 25.2 Å². The van der Waals surface area contributed by atoms with Gasteiger partial charge in [0.2, 0.25) is 11.8 Å². The maximum absolute atomic E-state index is 12.5. The molecule has 1 unspecified atom stereocenters. The van der Waals surface area contributed by atoms with Crippen LogP contribution in [0, 0.1) is 5.92 Å². The summed E-state index contributed by atoms with van der Waals surface area (Å²) < 4.78 is 0. The molecule has 1 aromatic heterocycles. The molecule has 7 heteroatoms. The second-order valence-corrected chi connectivity index (χ2v) is 7.22. The van der Waals surface area contributed by atoms with Gasteiger partial charge in [0, 0.05) is 24.0 Å². The number of carbonyl (C=O) groups excluding carboxylic acids is 3. The molecule has 1 saturated heterocycles. The Kier molecular flexibility index (Phi) is 5.43.